The molecule has 1 unspecified atom stereocenters. The Labute approximate surface area is 113 Å². The van der Waals surface area contributed by atoms with E-state index >= 15 is 0 Å². The minimum atomic E-state index is 0.291. The monoisotopic (exact) mass is 256 g/mol. The third-order valence-corrected chi connectivity index (χ3v) is 3.95. The van der Waals surface area contributed by atoms with Crippen LogP contribution in [-0.2, 0) is 6.42 Å². The summed E-state index contributed by atoms with van der Waals surface area (Å²) in [5.74, 6) is 1.16. The van der Waals surface area contributed by atoms with Crippen molar-refractivity contribution >= 4 is 11.5 Å². The van der Waals surface area contributed by atoms with Crippen LogP contribution in [-0.4, -0.2) is 16.3 Å². The Morgan fingerprint density at radius 1 is 1.47 bits per heavy atom. The zero-order valence-electron chi connectivity index (χ0n) is 11.5. The SMILES string of the molecule is CCc1cnn2c1NCCC2c1ccc(C)c(N)c1. The molecule has 0 aliphatic carbocycles. The average Bonchev–Trinajstić information content (AvgIpc) is 2.85. The second-order valence-corrected chi connectivity index (χ2v) is 5.16. The molecule has 100 valence electrons. The van der Waals surface area contributed by atoms with Crippen molar-refractivity contribution in [2.45, 2.75) is 32.7 Å². The number of anilines is 2. The highest BCUT2D eigenvalue weighted by Crippen LogP contribution is 2.32. The number of hydrogen-bond donors (Lipinski definition) is 2. The normalized spacial score (nSPS) is 17.9. The van der Waals surface area contributed by atoms with E-state index in [0.29, 0.717) is 6.04 Å². The quantitative estimate of drug-likeness (QED) is 0.812. The lowest BCUT2D eigenvalue weighted by Gasteiger charge is -2.27. The standard InChI is InChI=1S/C15H20N4/c1-3-11-9-18-19-14(6-7-17-15(11)19)12-5-4-10(2)13(16)8-12/h4-5,8-9,14,17H,3,6-7,16H2,1-2H3. The Hall–Kier alpha value is -1.97. The lowest BCUT2D eigenvalue weighted by atomic mass is 10.00. The maximum atomic E-state index is 6.03. The Morgan fingerprint density at radius 3 is 3.05 bits per heavy atom. The van der Waals surface area contributed by atoms with Gasteiger partial charge in [-0.25, -0.2) is 4.68 Å². The molecule has 0 saturated carbocycles. The minimum Gasteiger partial charge on any atom is -0.399 e. The highest BCUT2D eigenvalue weighted by atomic mass is 15.4. The zero-order valence-corrected chi connectivity index (χ0v) is 11.5. The molecule has 4 heteroatoms. The van der Waals surface area contributed by atoms with Gasteiger partial charge in [0, 0.05) is 17.8 Å². The molecular weight excluding hydrogens is 236 g/mol. The second-order valence-electron chi connectivity index (χ2n) is 5.16. The van der Waals surface area contributed by atoms with Gasteiger partial charge in [-0.15, -0.1) is 0 Å². The summed E-state index contributed by atoms with van der Waals surface area (Å²) in [4.78, 5) is 0. The molecule has 4 nitrogen and oxygen atoms in total. The predicted molar refractivity (Wildman–Crippen MR) is 78.4 cm³/mol. The number of rotatable bonds is 2. The van der Waals surface area contributed by atoms with Crippen LogP contribution < -0.4 is 11.1 Å². The molecule has 1 atom stereocenters. The summed E-state index contributed by atoms with van der Waals surface area (Å²) >= 11 is 0. The first-order chi connectivity index (χ1) is 9.20. The Balaban J connectivity index is 2.03. The van der Waals surface area contributed by atoms with Crippen LogP contribution >= 0.6 is 0 Å². The smallest absolute Gasteiger partial charge is 0.128 e. The summed E-state index contributed by atoms with van der Waals surface area (Å²) in [5, 5.41) is 8.01. The van der Waals surface area contributed by atoms with Crippen molar-refractivity contribution in [3.8, 4) is 0 Å². The van der Waals surface area contributed by atoms with E-state index in [1.807, 2.05) is 13.1 Å². The number of aryl methyl sites for hydroxylation is 2. The molecule has 1 aliphatic rings. The molecule has 2 heterocycles. The van der Waals surface area contributed by atoms with Crippen molar-refractivity contribution in [2.75, 3.05) is 17.6 Å². The number of nitrogen functional groups attached to an aromatic ring is 1. The van der Waals surface area contributed by atoms with Crippen molar-refractivity contribution in [1.82, 2.24) is 9.78 Å². The van der Waals surface area contributed by atoms with Crippen LogP contribution in [0, 0.1) is 6.92 Å². The van der Waals surface area contributed by atoms with Crippen molar-refractivity contribution in [1.29, 1.82) is 0 Å². The van der Waals surface area contributed by atoms with Crippen LogP contribution in [0.2, 0.25) is 0 Å². The molecular formula is C15H20N4. The summed E-state index contributed by atoms with van der Waals surface area (Å²) in [5.41, 5.74) is 10.6. The highest BCUT2D eigenvalue weighted by molar-refractivity contribution is 5.51. The predicted octanol–water partition coefficient (Wildman–Crippen LogP) is 2.74. The lowest BCUT2D eigenvalue weighted by molar-refractivity contribution is 0.481. The average molecular weight is 256 g/mol. The van der Waals surface area contributed by atoms with Crippen molar-refractivity contribution in [2.24, 2.45) is 0 Å². The first-order valence-electron chi connectivity index (χ1n) is 6.87. The van der Waals surface area contributed by atoms with E-state index < -0.39 is 0 Å². The number of fused-ring (bicyclic) bond motifs is 1. The first-order valence-corrected chi connectivity index (χ1v) is 6.87. The maximum Gasteiger partial charge on any atom is 0.128 e. The molecule has 0 fully saturated rings. The van der Waals surface area contributed by atoms with Crippen molar-refractivity contribution in [3.63, 3.8) is 0 Å². The van der Waals surface area contributed by atoms with E-state index in [1.54, 1.807) is 0 Å². The van der Waals surface area contributed by atoms with Crippen molar-refractivity contribution < 1.29 is 0 Å². The van der Waals surface area contributed by atoms with Gasteiger partial charge in [-0.3, -0.25) is 0 Å². The number of benzene rings is 1. The molecule has 0 bridgehead atoms. The van der Waals surface area contributed by atoms with E-state index in [4.69, 9.17) is 5.73 Å². The summed E-state index contributed by atoms with van der Waals surface area (Å²) in [7, 11) is 0. The van der Waals surface area contributed by atoms with Gasteiger partial charge in [-0.05, 0) is 37.0 Å². The Morgan fingerprint density at radius 2 is 2.32 bits per heavy atom. The Kier molecular flexibility index (Phi) is 2.93. The molecule has 0 spiro atoms. The van der Waals surface area contributed by atoms with Gasteiger partial charge in [-0.2, -0.15) is 5.10 Å². The maximum absolute atomic E-state index is 6.03. The van der Waals surface area contributed by atoms with Crippen LogP contribution in [0.5, 0.6) is 0 Å². The number of hydrogen-bond acceptors (Lipinski definition) is 3. The molecule has 0 amide bonds. The topological polar surface area (TPSA) is 55.9 Å². The van der Waals surface area contributed by atoms with E-state index in [9.17, 15) is 0 Å². The molecule has 1 aromatic heterocycles. The summed E-state index contributed by atoms with van der Waals surface area (Å²) in [6.45, 7) is 5.18. The molecule has 3 rings (SSSR count). The van der Waals surface area contributed by atoms with Gasteiger partial charge < -0.3 is 11.1 Å². The third kappa shape index (κ3) is 1.97. The van der Waals surface area contributed by atoms with Crippen LogP contribution in [0.1, 0.15) is 36.1 Å². The van der Waals surface area contributed by atoms with Gasteiger partial charge in [0.05, 0.1) is 12.2 Å². The van der Waals surface area contributed by atoms with E-state index in [2.05, 4.69) is 40.2 Å². The molecule has 0 radical (unpaired) electrons. The van der Waals surface area contributed by atoms with Crippen LogP contribution in [0.3, 0.4) is 0 Å². The van der Waals surface area contributed by atoms with Crippen LogP contribution in [0.25, 0.3) is 0 Å². The summed E-state index contributed by atoms with van der Waals surface area (Å²) in [6.07, 6.45) is 4.02. The number of nitrogens with two attached hydrogens (primary N) is 1. The van der Waals surface area contributed by atoms with E-state index in [0.717, 1.165) is 36.5 Å². The van der Waals surface area contributed by atoms with Gasteiger partial charge in [0.15, 0.2) is 0 Å². The van der Waals surface area contributed by atoms with Gasteiger partial charge in [0.2, 0.25) is 0 Å². The van der Waals surface area contributed by atoms with Crippen LogP contribution in [0.15, 0.2) is 24.4 Å². The fourth-order valence-electron chi connectivity index (χ4n) is 2.71. The van der Waals surface area contributed by atoms with Crippen molar-refractivity contribution in [3.05, 3.63) is 41.1 Å². The van der Waals surface area contributed by atoms with Gasteiger partial charge in [-0.1, -0.05) is 19.1 Å². The zero-order chi connectivity index (χ0) is 13.4. The molecule has 0 saturated heterocycles. The van der Waals surface area contributed by atoms with Gasteiger partial charge in [0.1, 0.15) is 5.82 Å². The highest BCUT2D eigenvalue weighted by Gasteiger charge is 2.24. The third-order valence-electron chi connectivity index (χ3n) is 3.95. The summed E-state index contributed by atoms with van der Waals surface area (Å²) in [6, 6.07) is 6.64. The van der Waals surface area contributed by atoms with Gasteiger partial charge >= 0.3 is 0 Å². The van der Waals surface area contributed by atoms with Gasteiger partial charge in [0.25, 0.3) is 0 Å². The molecule has 1 aliphatic heterocycles. The minimum absolute atomic E-state index is 0.291. The van der Waals surface area contributed by atoms with E-state index in [-0.39, 0.29) is 0 Å². The molecule has 3 N–H and O–H groups in total. The second kappa shape index (κ2) is 4.61. The first kappa shape index (κ1) is 12.1. The Bertz CT molecular complexity index is 600. The molecule has 1 aromatic carbocycles. The van der Waals surface area contributed by atoms with E-state index in [1.165, 1.54) is 11.1 Å². The molecule has 19 heavy (non-hydrogen) atoms. The number of aromatic nitrogens is 2. The largest absolute Gasteiger partial charge is 0.399 e. The number of nitrogens with one attached hydrogen (secondary N) is 1. The lowest BCUT2D eigenvalue weighted by Crippen LogP contribution is -2.25. The number of nitrogens with zero attached hydrogens (tertiary/aromatic N) is 2. The summed E-state index contributed by atoms with van der Waals surface area (Å²) < 4.78 is 2.10. The fraction of sp³-hybridized carbons (Fsp3) is 0.400. The van der Waals surface area contributed by atoms with Crippen LogP contribution in [0.4, 0.5) is 11.5 Å². The fourth-order valence-corrected chi connectivity index (χ4v) is 2.71. The molecule has 2 aromatic rings.